The van der Waals surface area contributed by atoms with E-state index in [2.05, 4.69) is 17.1 Å². The molecule has 2 nitrogen and oxygen atoms in total. The van der Waals surface area contributed by atoms with Gasteiger partial charge in [-0.2, -0.15) is 0 Å². The van der Waals surface area contributed by atoms with Crippen LogP contribution in [0.15, 0.2) is 18.2 Å². The molecule has 0 saturated carbocycles. The summed E-state index contributed by atoms with van der Waals surface area (Å²) in [6.07, 6.45) is 4.93. The molecule has 1 aromatic carbocycles. The van der Waals surface area contributed by atoms with Crippen molar-refractivity contribution in [2.24, 2.45) is 0 Å². The first kappa shape index (κ1) is 16.1. The summed E-state index contributed by atoms with van der Waals surface area (Å²) < 4.78 is 0. The first-order chi connectivity index (χ1) is 9.72. The highest BCUT2D eigenvalue weighted by Gasteiger charge is 2.23. The Kier molecular flexibility index (Phi) is 6.63. The van der Waals surface area contributed by atoms with E-state index in [-0.39, 0.29) is 0 Å². The number of hydrogen-bond acceptors (Lipinski definition) is 2. The molecule has 1 heterocycles. The van der Waals surface area contributed by atoms with Crippen molar-refractivity contribution < 1.29 is 0 Å². The minimum atomic E-state index is 0.398. The monoisotopic (exact) mass is 314 g/mol. The molecule has 1 atom stereocenters. The lowest BCUT2D eigenvalue weighted by molar-refractivity contribution is 0.163. The quantitative estimate of drug-likeness (QED) is 0.777. The molecule has 1 aliphatic rings. The van der Waals surface area contributed by atoms with Crippen LogP contribution in [0.25, 0.3) is 0 Å². The predicted octanol–water partition coefficient (Wildman–Crippen LogP) is 4.52. The zero-order chi connectivity index (χ0) is 14.4. The topological polar surface area (TPSA) is 15.3 Å². The second kappa shape index (κ2) is 8.23. The highest BCUT2D eigenvalue weighted by molar-refractivity contribution is 6.33. The SMILES string of the molecule is CCCCC[C@@H](c1cc(Cl)ccc1Cl)N1CCNCC1. The van der Waals surface area contributed by atoms with Crippen molar-refractivity contribution in [1.29, 1.82) is 0 Å². The molecule has 1 N–H and O–H groups in total. The predicted molar refractivity (Wildman–Crippen MR) is 87.8 cm³/mol. The van der Waals surface area contributed by atoms with E-state index < -0.39 is 0 Å². The Balaban J connectivity index is 2.17. The van der Waals surface area contributed by atoms with Crippen LogP contribution in [0.2, 0.25) is 10.0 Å². The van der Waals surface area contributed by atoms with Gasteiger partial charge in [0.15, 0.2) is 0 Å². The number of rotatable bonds is 6. The van der Waals surface area contributed by atoms with Crippen LogP contribution < -0.4 is 5.32 Å². The fraction of sp³-hybridized carbons (Fsp3) is 0.625. The third kappa shape index (κ3) is 4.36. The largest absolute Gasteiger partial charge is 0.314 e. The summed E-state index contributed by atoms with van der Waals surface area (Å²) >= 11 is 12.6. The van der Waals surface area contributed by atoms with Gasteiger partial charge in [0.05, 0.1) is 0 Å². The van der Waals surface area contributed by atoms with Crippen LogP contribution >= 0.6 is 23.2 Å². The highest BCUT2D eigenvalue weighted by atomic mass is 35.5. The minimum absolute atomic E-state index is 0.398. The molecule has 0 bridgehead atoms. The highest BCUT2D eigenvalue weighted by Crippen LogP contribution is 2.33. The van der Waals surface area contributed by atoms with E-state index >= 15 is 0 Å². The van der Waals surface area contributed by atoms with Gasteiger partial charge >= 0.3 is 0 Å². The van der Waals surface area contributed by atoms with E-state index in [0.29, 0.717) is 6.04 Å². The Morgan fingerprint density at radius 2 is 1.95 bits per heavy atom. The van der Waals surface area contributed by atoms with E-state index in [1.54, 1.807) is 0 Å². The molecule has 4 heteroatoms. The van der Waals surface area contributed by atoms with E-state index in [0.717, 1.165) is 42.6 Å². The van der Waals surface area contributed by atoms with Gasteiger partial charge in [-0.05, 0) is 30.2 Å². The lowest BCUT2D eigenvalue weighted by Gasteiger charge is -2.36. The maximum absolute atomic E-state index is 6.42. The van der Waals surface area contributed by atoms with Crippen LogP contribution in [0.3, 0.4) is 0 Å². The van der Waals surface area contributed by atoms with Crippen molar-refractivity contribution >= 4 is 23.2 Å². The number of nitrogens with one attached hydrogen (secondary N) is 1. The number of nitrogens with zero attached hydrogens (tertiary/aromatic N) is 1. The number of benzene rings is 1. The summed E-state index contributed by atoms with van der Waals surface area (Å²) in [6.45, 7) is 6.52. The van der Waals surface area contributed by atoms with Crippen molar-refractivity contribution in [1.82, 2.24) is 10.2 Å². The molecule has 0 aliphatic carbocycles. The smallest absolute Gasteiger partial charge is 0.0454 e. The molecule has 0 spiro atoms. The molecule has 1 saturated heterocycles. The van der Waals surface area contributed by atoms with E-state index in [9.17, 15) is 0 Å². The summed E-state index contributed by atoms with van der Waals surface area (Å²) in [7, 11) is 0. The van der Waals surface area contributed by atoms with Crippen LogP contribution in [-0.4, -0.2) is 31.1 Å². The van der Waals surface area contributed by atoms with Crippen molar-refractivity contribution in [3.63, 3.8) is 0 Å². The zero-order valence-corrected chi connectivity index (χ0v) is 13.7. The van der Waals surface area contributed by atoms with Gasteiger partial charge in [-0.3, -0.25) is 4.90 Å². The van der Waals surface area contributed by atoms with Crippen molar-refractivity contribution in [2.75, 3.05) is 26.2 Å². The summed E-state index contributed by atoms with van der Waals surface area (Å²) in [5, 5.41) is 5.03. The Morgan fingerprint density at radius 3 is 2.65 bits per heavy atom. The molecule has 20 heavy (non-hydrogen) atoms. The van der Waals surface area contributed by atoms with Gasteiger partial charge in [0.2, 0.25) is 0 Å². The molecule has 1 aromatic rings. The Morgan fingerprint density at radius 1 is 1.20 bits per heavy atom. The van der Waals surface area contributed by atoms with Crippen molar-refractivity contribution in [3.05, 3.63) is 33.8 Å². The van der Waals surface area contributed by atoms with E-state index in [1.165, 1.54) is 24.8 Å². The number of halogens is 2. The second-order valence-electron chi connectivity index (χ2n) is 5.46. The number of unbranched alkanes of at least 4 members (excludes halogenated alkanes) is 2. The Labute approximate surface area is 132 Å². The molecule has 0 unspecified atom stereocenters. The summed E-state index contributed by atoms with van der Waals surface area (Å²) in [4.78, 5) is 2.55. The van der Waals surface area contributed by atoms with E-state index in [1.807, 2.05) is 18.2 Å². The molecule has 112 valence electrons. The minimum Gasteiger partial charge on any atom is -0.314 e. The van der Waals surface area contributed by atoms with Gasteiger partial charge in [-0.15, -0.1) is 0 Å². The lowest BCUT2D eigenvalue weighted by atomic mass is 9.98. The number of hydrogen-bond donors (Lipinski definition) is 1. The Bertz CT molecular complexity index is 417. The van der Waals surface area contributed by atoms with E-state index in [4.69, 9.17) is 23.2 Å². The third-order valence-corrected chi connectivity index (χ3v) is 4.57. The number of piperazine rings is 1. The summed E-state index contributed by atoms with van der Waals surface area (Å²) in [6, 6.07) is 6.24. The lowest BCUT2D eigenvalue weighted by Crippen LogP contribution is -2.45. The van der Waals surface area contributed by atoms with Crippen molar-refractivity contribution in [2.45, 2.75) is 38.6 Å². The van der Waals surface area contributed by atoms with Crippen LogP contribution in [0, 0.1) is 0 Å². The fourth-order valence-electron chi connectivity index (χ4n) is 2.89. The molecule has 1 fully saturated rings. The second-order valence-corrected chi connectivity index (χ2v) is 6.31. The van der Waals surface area contributed by atoms with Crippen LogP contribution in [-0.2, 0) is 0 Å². The van der Waals surface area contributed by atoms with Crippen molar-refractivity contribution in [3.8, 4) is 0 Å². The van der Waals surface area contributed by atoms with Gasteiger partial charge < -0.3 is 5.32 Å². The third-order valence-electron chi connectivity index (χ3n) is 3.99. The van der Waals surface area contributed by atoms with Gasteiger partial charge in [0.25, 0.3) is 0 Å². The molecule has 0 radical (unpaired) electrons. The van der Waals surface area contributed by atoms with Gasteiger partial charge in [-0.25, -0.2) is 0 Å². The Hall–Kier alpha value is -0.280. The molecular formula is C16H24Cl2N2. The molecular weight excluding hydrogens is 291 g/mol. The molecule has 2 rings (SSSR count). The summed E-state index contributed by atoms with van der Waals surface area (Å²) in [5.74, 6) is 0. The van der Waals surface area contributed by atoms with Crippen LogP contribution in [0.4, 0.5) is 0 Å². The fourth-order valence-corrected chi connectivity index (χ4v) is 3.31. The average Bonchev–Trinajstić information content (AvgIpc) is 2.48. The van der Waals surface area contributed by atoms with Gasteiger partial charge in [0.1, 0.15) is 0 Å². The first-order valence-corrected chi connectivity index (χ1v) is 8.37. The molecule has 1 aliphatic heterocycles. The maximum atomic E-state index is 6.42. The van der Waals surface area contributed by atoms with Crippen LogP contribution in [0.1, 0.15) is 44.2 Å². The first-order valence-electron chi connectivity index (χ1n) is 7.62. The average molecular weight is 315 g/mol. The molecule has 0 aromatic heterocycles. The zero-order valence-electron chi connectivity index (χ0n) is 12.2. The normalized spacial score (nSPS) is 18.1. The van der Waals surface area contributed by atoms with Gasteiger partial charge in [0, 0.05) is 42.3 Å². The summed E-state index contributed by atoms with van der Waals surface area (Å²) in [5.41, 5.74) is 1.19. The van der Waals surface area contributed by atoms with Crippen LogP contribution in [0.5, 0.6) is 0 Å². The standard InChI is InChI=1S/C16H24Cl2N2/c1-2-3-4-5-16(20-10-8-19-9-11-20)14-12-13(17)6-7-15(14)18/h6-7,12,16,19H,2-5,8-11H2,1H3/t16-/m0/s1. The maximum Gasteiger partial charge on any atom is 0.0454 e. The van der Waals surface area contributed by atoms with Gasteiger partial charge in [-0.1, -0.05) is 49.4 Å². The molecule has 0 amide bonds.